The van der Waals surface area contributed by atoms with Gasteiger partial charge in [0, 0.05) is 16.7 Å². The normalized spacial score (nSPS) is 10.9. The molecule has 6 rings (SSSR count). The van der Waals surface area contributed by atoms with E-state index in [4.69, 9.17) is 0 Å². The predicted molar refractivity (Wildman–Crippen MR) is 147 cm³/mol. The largest absolute Gasteiger partial charge is 0.208 e. The summed E-state index contributed by atoms with van der Waals surface area (Å²) in [6, 6.07) is 38.2. The molecule has 0 aliphatic rings. The molecule has 5 aromatic carbocycles. The molecule has 5 heteroatoms. The Kier molecular flexibility index (Phi) is 6.24. The standard InChI is InChI=1S/C33H21F2N3/c34-29-25(22-12-4-1-5-13-22)18-10-20-27(29)32-36-31(24-16-8-3-9-17-24)37-33(38-32)28-21-11-19-26(30(28)35)23-14-6-2-7-15-23/h1-21H. The van der Waals surface area contributed by atoms with Crippen molar-refractivity contribution in [3.05, 3.63) is 139 Å². The molecular formula is C33H21F2N3. The Balaban J connectivity index is 1.56. The van der Waals surface area contributed by atoms with Crippen molar-refractivity contribution < 1.29 is 8.78 Å². The molecule has 1 aromatic heterocycles. The molecule has 0 spiro atoms. The van der Waals surface area contributed by atoms with E-state index < -0.39 is 11.6 Å². The van der Waals surface area contributed by atoms with E-state index in [0.29, 0.717) is 17.0 Å². The first-order valence-electron chi connectivity index (χ1n) is 12.2. The summed E-state index contributed by atoms with van der Waals surface area (Å²) in [5, 5.41) is 0. The number of hydrogen-bond donors (Lipinski definition) is 0. The minimum Gasteiger partial charge on any atom is -0.208 e. The van der Waals surface area contributed by atoms with Crippen LogP contribution in [-0.4, -0.2) is 15.0 Å². The zero-order valence-electron chi connectivity index (χ0n) is 20.2. The first-order chi connectivity index (χ1) is 18.7. The third kappa shape index (κ3) is 4.46. The Morgan fingerprint density at radius 3 is 1.08 bits per heavy atom. The van der Waals surface area contributed by atoms with E-state index in [9.17, 15) is 0 Å². The van der Waals surface area contributed by atoms with Crippen LogP contribution < -0.4 is 0 Å². The number of halogens is 2. The average molecular weight is 498 g/mol. The lowest BCUT2D eigenvalue weighted by Crippen LogP contribution is -2.03. The smallest absolute Gasteiger partial charge is 0.167 e. The molecule has 0 amide bonds. The van der Waals surface area contributed by atoms with Crippen LogP contribution in [-0.2, 0) is 0 Å². The van der Waals surface area contributed by atoms with Crippen LogP contribution in [0, 0.1) is 11.6 Å². The number of rotatable bonds is 5. The SMILES string of the molecule is Fc1c(-c2ccccc2)cccc1-c1nc(-c2ccccc2)nc(-c2cccc(-c3ccccc3)c2F)n1. The fourth-order valence-corrected chi connectivity index (χ4v) is 4.42. The van der Waals surface area contributed by atoms with Gasteiger partial charge in [0.2, 0.25) is 0 Å². The van der Waals surface area contributed by atoms with Crippen molar-refractivity contribution in [1.29, 1.82) is 0 Å². The molecule has 1 heterocycles. The van der Waals surface area contributed by atoms with Gasteiger partial charge in [-0.25, -0.2) is 23.7 Å². The van der Waals surface area contributed by atoms with Crippen molar-refractivity contribution in [2.45, 2.75) is 0 Å². The Morgan fingerprint density at radius 2 is 0.658 bits per heavy atom. The zero-order chi connectivity index (χ0) is 25.9. The van der Waals surface area contributed by atoms with Crippen LogP contribution in [0.15, 0.2) is 127 Å². The van der Waals surface area contributed by atoms with E-state index in [0.717, 1.165) is 16.7 Å². The van der Waals surface area contributed by atoms with E-state index in [1.807, 2.05) is 91.0 Å². The van der Waals surface area contributed by atoms with E-state index in [2.05, 4.69) is 15.0 Å². The highest BCUT2D eigenvalue weighted by Gasteiger charge is 2.20. The second-order valence-electron chi connectivity index (χ2n) is 8.74. The van der Waals surface area contributed by atoms with Gasteiger partial charge in [0.15, 0.2) is 17.5 Å². The quantitative estimate of drug-likeness (QED) is 0.240. The van der Waals surface area contributed by atoms with E-state index in [1.54, 1.807) is 36.4 Å². The third-order valence-electron chi connectivity index (χ3n) is 6.32. The Morgan fingerprint density at radius 1 is 0.316 bits per heavy atom. The Labute approximate surface area is 219 Å². The topological polar surface area (TPSA) is 38.7 Å². The highest BCUT2D eigenvalue weighted by atomic mass is 19.1. The average Bonchev–Trinajstić information content (AvgIpc) is 2.98. The van der Waals surface area contributed by atoms with Crippen LogP contribution in [0.2, 0.25) is 0 Å². The highest BCUT2D eigenvalue weighted by molar-refractivity contribution is 5.75. The highest BCUT2D eigenvalue weighted by Crippen LogP contribution is 2.33. The minimum atomic E-state index is -0.451. The van der Waals surface area contributed by atoms with E-state index >= 15 is 8.78 Å². The van der Waals surface area contributed by atoms with Gasteiger partial charge in [-0.05, 0) is 23.3 Å². The second-order valence-corrected chi connectivity index (χ2v) is 8.74. The minimum absolute atomic E-state index is 0.133. The molecule has 0 fully saturated rings. The molecule has 182 valence electrons. The zero-order valence-corrected chi connectivity index (χ0v) is 20.2. The fraction of sp³-hybridized carbons (Fsp3) is 0. The lowest BCUT2D eigenvalue weighted by atomic mass is 10.0. The number of benzene rings is 5. The van der Waals surface area contributed by atoms with Gasteiger partial charge in [-0.15, -0.1) is 0 Å². The molecule has 0 bridgehead atoms. The molecule has 0 aliphatic heterocycles. The summed E-state index contributed by atoms with van der Waals surface area (Å²) in [7, 11) is 0. The van der Waals surface area contributed by atoms with Crippen molar-refractivity contribution >= 4 is 0 Å². The van der Waals surface area contributed by atoms with Gasteiger partial charge in [0.05, 0.1) is 11.1 Å². The number of hydrogen-bond acceptors (Lipinski definition) is 3. The summed E-state index contributed by atoms with van der Waals surface area (Å²) < 4.78 is 31.8. The van der Waals surface area contributed by atoms with Gasteiger partial charge < -0.3 is 0 Å². The first-order valence-corrected chi connectivity index (χ1v) is 12.2. The monoisotopic (exact) mass is 497 g/mol. The van der Waals surface area contributed by atoms with Crippen LogP contribution in [0.4, 0.5) is 8.78 Å². The molecule has 6 aromatic rings. The maximum atomic E-state index is 15.9. The van der Waals surface area contributed by atoms with Gasteiger partial charge in [-0.3, -0.25) is 0 Å². The van der Waals surface area contributed by atoms with Crippen LogP contribution in [0.25, 0.3) is 56.4 Å². The van der Waals surface area contributed by atoms with E-state index in [-0.39, 0.29) is 22.8 Å². The molecule has 38 heavy (non-hydrogen) atoms. The Bertz CT molecular complexity index is 1610. The number of aromatic nitrogens is 3. The van der Waals surface area contributed by atoms with Crippen LogP contribution in [0.5, 0.6) is 0 Å². The molecule has 3 nitrogen and oxygen atoms in total. The molecule has 0 N–H and O–H groups in total. The van der Waals surface area contributed by atoms with Gasteiger partial charge in [-0.1, -0.05) is 115 Å². The summed E-state index contributed by atoms with van der Waals surface area (Å²) in [5.41, 5.74) is 3.50. The van der Waals surface area contributed by atoms with E-state index in [1.165, 1.54) is 0 Å². The lowest BCUT2D eigenvalue weighted by Gasteiger charge is -2.12. The van der Waals surface area contributed by atoms with Crippen molar-refractivity contribution in [2.24, 2.45) is 0 Å². The molecule has 0 saturated carbocycles. The summed E-state index contributed by atoms with van der Waals surface area (Å²) in [6.45, 7) is 0. The van der Waals surface area contributed by atoms with Gasteiger partial charge in [0.25, 0.3) is 0 Å². The van der Waals surface area contributed by atoms with Gasteiger partial charge in [0.1, 0.15) is 11.6 Å². The lowest BCUT2D eigenvalue weighted by molar-refractivity contribution is 0.632. The molecular weight excluding hydrogens is 476 g/mol. The molecule has 0 atom stereocenters. The molecule has 0 radical (unpaired) electrons. The summed E-state index contributed by atoms with van der Waals surface area (Å²) in [5.74, 6) is -0.302. The van der Waals surface area contributed by atoms with Crippen LogP contribution in [0.1, 0.15) is 0 Å². The maximum absolute atomic E-state index is 15.9. The fourth-order valence-electron chi connectivity index (χ4n) is 4.42. The predicted octanol–water partition coefficient (Wildman–Crippen LogP) is 8.48. The first kappa shape index (κ1) is 23.4. The second kappa shape index (κ2) is 10.1. The van der Waals surface area contributed by atoms with Crippen molar-refractivity contribution in [3.63, 3.8) is 0 Å². The summed E-state index contributed by atoms with van der Waals surface area (Å²) in [6.07, 6.45) is 0. The van der Waals surface area contributed by atoms with Gasteiger partial charge in [-0.2, -0.15) is 0 Å². The number of nitrogens with zero attached hydrogens (tertiary/aromatic N) is 3. The third-order valence-corrected chi connectivity index (χ3v) is 6.32. The van der Waals surface area contributed by atoms with Gasteiger partial charge >= 0.3 is 0 Å². The summed E-state index contributed by atoms with van der Waals surface area (Å²) in [4.78, 5) is 13.8. The van der Waals surface area contributed by atoms with Crippen molar-refractivity contribution in [1.82, 2.24) is 15.0 Å². The van der Waals surface area contributed by atoms with Crippen LogP contribution in [0.3, 0.4) is 0 Å². The Hall–Kier alpha value is -5.03. The molecule has 0 unspecified atom stereocenters. The maximum Gasteiger partial charge on any atom is 0.167 e. The summed E-state index contributed by atoms with van der Waals surface area (Å²) >= 11 is 0. The van der Waals surface area contributed by atoms with Crippen LogP contribution >= 0.6 is 0 Å². The molecule has 0 saturated heterocycles. The van der Waals surface area contributed by atoms with Crippen molar-refractivity contribution in [3.8, 4) is 56.4 Å². The van der Waals surface area contributed by atoms with Crippen molar-refractivity contribution in [2.75, 3.05) is 0 Å². The molecule has 0 aliphatic carbocycles.